The fraction of sp³-hybridized carbons (Fsp3) is 0.227. The first-order valence-corrected chi connectivity index (χ1v) is 12.3. The number of thiazole rings is 1. The predicted molar refractivity (Wildman–Crippen MR) is 129 cm³/mol. The number of aromatic nitrogens is 3. The van der Waals surface area contributed by atoms with Crippen molar-refractivity contribution in [1.82, 2.24) is 14.1 Å². The van der Waals surface area contributed by atoms with E-state index in [0.29, 0.717) is 25.7 Å². The van der Waals surface area contributed by atoms with Crippen LogP contribution in [0.4, 0.5) is 4.39 Å². The van der Waals surface area contributed by atoms with E-state index in [1.807, 2.05) is 0 Å². The van der Waals surface area contributed by atoms with Gasteiger partial charge in [0.05, 0.1) is 30.9 Å². The van der Waals surface area contributed by atoms with E-state index < -0.39 is 17.3 Å². The maximum absolute atomic E-state index is 13.5. The summed E-state index contributed by atoms with van der Waals surface area (Å²) >= 11 is 7.59. The van der Waals surface area contributed by atoms with Crippen molar-refractivity contribution in [3.63, 3.8) is 0 Å². The Morgan fingerprint density at radius 1 is 1.26 bits per heavy atom. The molecular weight excluding hydrogens is 501 g/mol. The summed E-state index contributed by atoms with van der Waals surface area (Å²) in [6, 6.07) is 8.90. The molecular formula is C22H18FN3O5S3. The Bertz CT molecular complexity index is 1460. The topological polar surface area (TPSA) is 96.3 Å². The van der Waals surface area contributed by atoms with Gasteiger partial charge in [-0.05, 0) is 55.5 Å². The minimum absolute atomic E-state index is 0.110. The molecule has 0 fully saturated rings. The maximum atomic E-state index is 13.5. The number of ether oxygens (including phenoxy) is 1. The summed E-state index contributed by atoms with van der Waals surface area (Å²) in [5.41, 5.74) is 0.347. The molecule has 4 rings (SSSR count). The van der Waals surface area contributed by atoms with Gasteiger partial charge in [0.1, 0.15) is 22.7 Å². The Hall–Kier alpha value is -3.09. The summed E-state index contributed by atoms with van der Waals surface area (Å²) in [5.74, 6) is -0.913. The van der Waals surface area contributed by atoms with E-state index in [4.69, 9.17) is 21.4 Å². The van der Waals surface area contributed by atoms with Crippen molar-refractivity contribution in [2.75, 3.05) is 12.4 Å². The van der Waals surface area contributed by atoms with Gasteiger partial charge in [-0.3, -0.25) is 23.5 Å². The van der Waals surface area contributed by atoms with Crippen LogP contribution in [0.25, 0.3) is 16.0 Å². The number of nitrogens with zero attached hydrogens (tertiary/aromatic N) is 3. The number of ketones is 1. The molecule has 0 saturated carbocycles. The molecule has 12 heteroatoms. The summed E-state index contributed by atoms with van der Waals surface area (Å²) in [5, 5.41) is 0.210. The van der Waals surface area contributed by atoms with Crippen LogP contribution in [-0.2, 0) is 20.9 Å². The lowest BCUT2D eigenvalue weighted by atomic mass is 10.3. The zero-order valence-electron chi connectivity index (χ0n) is 17.9. The number of hydrogen-bond acceptors (Lipinski definition) is 9. The second-order valence-corrected chi connectivity index (χ2v) is 9.59. The van der Waals surface area contributed by atoms with Crippen molar-refractivity contribution in [3.05, 3.63) is 68.5 Å². The number of halogens is 1. The third kappa shape index (κ3) is 5.18. The molecule has 1 aromatic carbocycles. The minimum Gasteiger partial charge on any atom is -0.467 e. The van der Waals surface area contributed by atoms with Crippen molar-refractivity contribution >= 4 is 57.4 Å². The molecule has 0 aliphatic heterocycles. The average molecular weight is 520 g/mol. The Labute approximate surface area is 206 Å². The molecule has 0 atom stereocenters. The highest BCUT2D eigenvalue weighted by Gasteiger charge is 2.20. The Morgan fingerprint density at radius 3 is 2.71 bits per heavy atom. The number of thioether (sulfide) groups is 1. The van der Waals surface area contributed by atoms with Crippen LogP contribution in [-0.4, -0.2) is 38.2 Å². The smallest absolute Gasteiger partial charge is 0.313 e. The van der Waals surface area contributed by atoms with Gasteiger partial charge in [-0.1, -0.05) is 23.1 Å². The fourth-order valence-corrected chi connectivity index (χ4v) is 5.28. The van der Waals surface area contributed by atoms with Crippen molar-refractivity contribution < 1.29 is 23.1 Å². The highest BCUT2D eigenvalue weighted by molar-refractivity contribution is 7.99. The predicted octanol–water partition coefficient (Wildman–Crippen LogP) is 4.37. The van der Waals surface area contributed by atoms with E-state index >= 15 is 0 Å². The van der Waals surface area contributed by atoms with Crippen LogP contribution in [0.15, 0.2) is 57.0 Å². The van der Waals surface area contributed by atoms with E-state index in [0.717, 1.165) is 23.1 Å². The van der Waals surface area contributed by atoms with E-state index in [2.05, 4.69) is 4.98 Å². The van der Waals surface area contributed by atoms with Crippen molar-refractivity contribution in [1.29, 1.82) is 0 Å². The summed E-state index contributed by atoms with van der Waals surface area (Å²) < 4.78 is 27.5. The number of furan rings is 1. The summed E-state index contributed by atoms with van der Waals surface area (Å²) in [7, 11) is 0. The van der Waals surface area contributed by atoms with Crippen molar-refractivity contribution in [2.24, 2.45) is 0 Å². The van der Waals surface area contributed by atoms with Gasteiger partial charge in [0.2, 0.25) is 0 Å². The van der Waals surface area contributed by atoms with E-state index in [1.54, 1.807) is 29.9 Å². The van der Waals surface area contributed by atoms with Gasteiger partial charge in [0.25, 0.3) is 5.56 Å². The number of rotatable bonds is 9. The van der Waals surface area contributed by atoms with Gasteiger partial charge < -0.3 is 9.15 Å². The summed E-state index contributed by atoms with van der Waals surface area (Å²) in [6.45, 7) is 2.12. The molecule has 3 aromatic heterocycles. The second-order valence-electron chi connectivity index (χ2n) is 7.01. The molecule has 0 amide bonds. The Kier molecular flexibility index (Phi) is 7.39. The molecule has 0 bridgehead atoms. The molecule has 176 valence electrons. The SMILES string of the molecule is CCOC(=O)CC(=O)CSc1nc2c(sc(=S)n2Cc2ccco2)c(=O)n1-c1ccc(F)cc1. The third-order valence-electron chi connectivity index (χ3n) is 4.65. The van der Waals surface area contributed by atoms with E-state index in [-0.39, 0.29) is 36.3 Å². The molecule has 0 aliphatic carbocycles. The summed E-state index contributed by atoms with van der Waals surface area (Å²) in [6.07, 6.45) is 1.16. The molecule has 0 aliphatic rings. The standard InChI is InChI=1S/C22H18FN3O5S3/c1-2-30-17(28)10-15(27)12-33-21-24-19-18(20(29)26(21)14-7-5-13(23)6-8-14)34-22(32)25(19)11-16-4-3-9-31-16/h3-9H,2,10-12H2,1H3. The zero-order chi connectivity index (χ0) is 24.2. The van der Waals surface area contributed by atoms with Crippen LogP contribution in [0.1, 0.15) is 19.1 Å². The molecule has 0 unspecified atom stereocenters. The van der Waals surface area contributed by atoms with Gasteiger partial charge >= 0.3 is 5.97 Å². The first-order chi connectivity index (χ1) is 16.4. The van der Waals surface area contributed by atoms with Gasteiger partial charge in [0, 0.05) is 0 Å². The first kappa shape index (κ1) is 24.0. The number of benzene rings is 1. The Morgan fingerprint density at radius 2 is 2.03 bits per heavy atom. The molecule has 0 spiro atoms. The van der Waals surface area contributed by atoms with Crippen LogP contribution in [0, 0.1) is 9.77 Å². The van der Waals surface area contributed by atoms with Crippen LogP contribution in [0.5, 0.6) is 0 Å². The third-order valence-corrected chi connectivity index (χ3v) is 7.07. The molecule has 4 aromatic rings. The normalized spacial score (nSPS) is 11.1. The fourth-order valence-electron chi connectivity index (χ4n) is 3.16. The van der Waals surface area contributed by atoms with E-state index in [9.17, 15) is 18.8 Å². The van der Waals surface area contributed by atoms with Crippen molar-refractivity contribution in [3.8, 4) is 5.69 Å². The average Bonchev–Trinajstić information content (AvgIpc) is 3.42. The number of fused-ring (bicyclic) bond motifs is 1. The first-order valence-electron chi connectivity index (χ1n) is 10.1. The van der Waals surface area contributed by atoms with Gasteiger partial charge in [-0.2, -0.15) is 0 Å². The highest BCUT2D eigenvalue weighted by atomic mass is 32.2. The lowest BCUT2D eigenvalue weighted by Gasteiger charge is -2.12. The molecule has 0 saturated heterocycles. The lowest BCUT2D eigenvalue weighted by Crippen LogP contribution is -2.22. The van der Waals surface area contributed by atoms with Crippen LogP contribution in [0.3, 0.4) is 0 Å². The molecule has 0 N–H and O–H groups in total. The molecule has 34 heavy (non-hydrogen) atoms. The maximum Gasteiger partial charge on any atom is 0.313 e. The van der Waals surface area contributed by atoms with Gasteiger partial charge in [-0.15, -0.1) is 0 Å². The number of carbonyl (C=O) groups excluding carboxylic acids is 2. The molecule has 0 radical (unpaired) electrons. The van der Waals surface area contributed by atoms with E-state index in [1.165, 1.54) is 28.8 Å². The number of hydrogen-bond donors (Lipinski definition) is 0. The molecule has 8 nitrogen and oxygen atoms in total. The second kappa shape index (κ2) is 10.5. The van der Waals surface area contributed by atoms with Crippen LogP contribution < -0.4 is 5.56 Å². The minimum atomic E-state index is -0.614. The monoisotopic (exact) mass is 519 g/mol. The lowest BCUT2D eigenvalue weighted by molar-refractivity contribution is -0.145. The van der Waals surface area contributed by atoms with Crippen molar-refractivity contribution in [2.45, 2.75) is 25.0 Å². The van der Waals surface area contributed by atoms with Crippen LogP contribution >= 0.6 is 35.3 Å². The number of esters is 1. The number of Topliss-reactive ketones (excluding diaryl/α,β-unsaturated/α-hetero) is 1. The number of carbonyl (C=O) groups is 2. The zero-order valence-corrected chi connectivity index (χ0v) is 20.3. The quantitative estimate of drug-likeness (QED) is 0.106. The summed E-state index contributed by atoms with van der Waals surface area (Å²) in [4.78, 5) is 42.1. The Balaban J connectivity index is 1.78. The highest BCUT2D eigenvalue weighted by Crippen LogP contribution is 2.26. The van der Waals surface area contributed by atoms with Gasteiger partial charge in [0.15, 0.2) is 20.5 Å². The van der Waals surface area contributed by atoms with Crippen LogP contribution in [0.2, 0.25) is 0 Å². The van der Waals surface area contributed by atoms with Gasteiger partial charge in [-0.25, -0.2) is 9.37 Å². The molecule has 3 heterocycles. The largest absolute Gasteiger partial charge is 0.467 e.